The van der Waals surface area contributed by atoms with E-state index in [0.29, 0.717) is 6.54 Å². The molecule has 7 heteroatoms. The van der Waals surface area contributed by atoms with Gasteiger partial charge in [0.1, 0.15) is 23.1 Å². The molecule has 1 aliphatic rings. The van der Waals surface area contributed by atoms with Gasteiger partial charge >= 0.3 is 0 Å². The van der Waals surface area contributed by atoms with Gasteiger partial charge in [-0.1, -0.05) is 6.58 Å². The number of aromatic nitrogens is 3. The Morgan fingerprint density at radius 2 is 1.79 bits per heavy atom. The fourth-order valence-electron chi connectivity index (χ4n) is 4.29. The van der Waals surface area contributed by atoms with Crippen LogP contribution in [0.25, 0.3) is 16.8 Å². The Hall–Kier alpha value is -4.13. The third-order valence-electron chi connectivity index (χ3n) is 5.91. The number of rotatable bonds is 6. The van der Waals surface area contributed by atoms with E-state index in [-0.39, 0.29) is 11.9 Å². The molecule has 3 heterocycles. The summed E-state index contributed by atoms with van der Waals surface area (Å²) in [4.78, 5) is 23.5. The normalized spacial score (nSPS) is 15.5. The molecule has 5 rings (SSSR count). The lowest BCUT2D eigenvalue weighted by atomic mass is 10.1. The molecule has 1 saturated heterocycles. The molecule has 0 radical (unpaired) electrons. The summed E-state index contributed by atoms with van der Waals surface area (Å²) in [5, 5.41) is 0. The number of ether oxygens (including phenoxy) is 2. The van der Waals surface area contributed by atoms with Crippen LogP contribution in [0.3, 0.4) is 0 Å². The van der Waals surface area contributed by atoms with E-state index in [4.69, 9.17) is 14.5 Å². The summed E-state index contributed by atoms with van der Waals surface area (Å²) in [7, 11) is 1.64. The molecule has 1 fully saturated rings. The zero-order chi connectivity index (χ0) is 22.8. The molecule has 1 amide bonds. The van der Waals surface area contributed by atoms with Crippen molar-refractivity contribution in [3.05, 3.63) is 85.6 Å². The van der Waals surface area contributed by atoms with E-state index in [1.54, 1.807) is 13.3 Å². The molecule has 166 valence electrons. The summed E-state index contributed by atoms with van der Waals surface area (Å²) in [5.41, 5.74) is 2.68. The monoisotopic (exact) mass is 440 g/mol. The number of fused-ring (bicyclic) bond motifs is 1. The second-order valence-corrected chi connectivity index (χ2v) is 7.85. The number of carbonyl (C=O) groups excluding carboxylic acids is 1. The van der Waals surface area contributed by atoms with Gasteiger partial charge in [0.15, 0.2) is 0 Å². The molecular formula is C26H24N4O3. The second kappa shape index (κ2) is 8.78. The van der Waals surface area contributed by atoms with Gasteiger partial charge in [-0.3, -0.25) is 14.2 Å². The molecule has 0 N–H and O–H groups in total. The average Bonchev–Trinajstić information content (AvgIpc) is 3.49. The standard InChI is InChI=1S/C26H24N4O3/c1-3-24(31)29-15-4-5-22(29)26-28-25(23-17-27-14-16-30(23)26)18-6-8-20(9-7-18)33-21-12-10-19(32-2)11-13-21/h3,6-14,16-17,22H,1,4-5,15H2,2H3/t22-/m0/s1. The Labute approximate surface area is 191 Å². The van der Waals surface area contributed by atoms with Crippen molar-refractivity contribution in [3.8, 4) is 28.5 Å². The maximum Gasteiger partial charge on any atom is 0.246 e. The Kier molecular flexibility index (Phi) is 5.52. The summed E-state index contributed by atoms with van der Waals surface area (Å²) < 4.78 is 13.2. The Morgan fingerprint density at radius 1 is 1.09 bits per heavy atom. The maximum atomic E-state index is 12.4. The lowest BCUT2D eigenvalue weighted by molar-refractivity contribution is -0.127. The molecule has 0 bridgehead atoms. The van der Waals surface area contributed by atoms with Crippen molar-refractivity contribution >= 4 is 11.4 Å². The van der Waals surface area contributed by atoms with Crippen molar-refractivity contribution in [2.75, 3.05) is 13.7 Å². The molecular weight excluding hydrogens is 416 g/mol. The number of methoxy groups -OCH3 is 1. The predicted molar refractivity (Wildman–Crippen MR) is 125 cm³/mol. The van der Waals surface area contributed by atoms with E-state index in [9.17, 15) is 4.79 Å². The van der Waals surface area contributed by atoms with E-state index in [2.05, 4.69) is 11.6 Å². The van der Waals surface area contributed by atoms with Crippen LogP contribution in [-0.4, -0.2) is 38.8 Å². The minimum Gasteiger partial charge on any atom is -0.497 e. The summed E-state index contributed by atoms with van der Waals surface area (Å²) in [6.07, 6.45) is 8.63. The number of amides is 1. The van der Waals surface area contributed by atoms with Crippen LogP contribution < -0.4 is 9.47 Å². The van der Waals surface area contributed by atoms with Crippen LogP contribution in [0.2, 0.25) is 0 Å². The second-order valence-electron chi connectivity index (χ2n) is 7.85. The highest BCUT2D eigenvalue weighted by Crippen LogP contribution is 2.35. The van der Waals surface area contributed by atoms with Crippen molar-refractivity contribution in [1.82, 2.24) is 19.3 Å². The number of nitrogens with zero attached hydrogens (tertiary/aromatic N) is 4. The highest BCUT2D eigenvalue weighted by Gasteiger charge is 2.32. The largest absolute Gasteiger partial charge is 0.497 e. The van der Waals surface area contributed by atoms with Gasteiger partial charge in [-0.2, -0.15) is 0 Å². The third-order valence-corrected chi connectivity index (χ3v) is 5.91. The lowest BCUT2D eigenvalue weighted by Crippen LogP contribution is -2.29. The minimum absolute atomic E-state index is 0.0649. The lowest BCUT2D eigenvalue weighted by Gasteiger charge is -2.22. The molecule has 7 nitrogen and oxygen atoms in total. The molecule has 0 aliphatic carbocycles. The average molecular weight is 441 g/mol. The quantitative estimate of drug-likeness (QED) is 0.393. The number of hydrogen-bond acceptors (Lipinski definition) is 5. The molecule has 2 aromatic carbocycles. The van der Waals surface area contributed by atoms with Gasteiger partial charge in [-0.25, -0.2) is 4.98 Å². The smallest absolute Gasteiger partial charge is 0.246 e. The van der Waals surface area contributed by atoms with E-state index in [0.717, 1.165) is 52.7 Å². The molecule has 33 heavy (non-hydrogen) atoms. The fourth-order valence-corrected chi connectivity index (χ4v) is 4.29. The molecule has 1 aliphatic heterocycles. The zero-order valence-electron chi connectivity index (χ0n) is 18.3. The number of imidazole rings is 1. The van der Waals surface area contributed by atoms with Crippen LogP contribution in [0, 0.1) is 0 Å². The number of benzene rings is 2. The van der Waals surface area contributed by atoms with Gasteiger partial charge in [0.05, 0.1) is 30.6 Å². The van der Waals surface area contributed by atoms with E-state index in [1.807, 2.05) is 70.2 Å². The van der Waals surface area contributed by atoms with Gasteiger partial charge < -0.3 is 14.4 Å². The molecule has 0 spiro atoms. The third kappa shape index (κ3) is 3.93. The van der Waals surface area contributed by atoms with E-state index in [1.165, 1.54) is 6.08 Å². The molecule has 4 aromatic rings. The van der Waals surface area contributed by atoms with Crippen molar-refractivity contribution in [2.45, 2.75) is 18.9 Å². The van der Waals surface area contributed by atoms with Crippen LogP contribution in [-0.2, 0) is 4.79 Å². The van der Waals surface area contributed by atoms with E-state index >= 15 is 0 Å². The van der Waals surface area contributed by atoms with Gasteiger partial charge in [0.2, 0.25) is 5.91 Å². The van der Waals surface area contributed by atoms with Gasteiger partial charge in [0.25, 0.3) is 0 Å². The van der Waals surface area contributed by atoms with E-state index < -0.39 is 0 Å². The Bertz CT molecular complexity index is 1300. The van der Waals surface area contributed by atoms with Crippen LogP contribution in [0.15, 0.2) is 79.8 Å². The van der Waals surface area contributed by atoms with Crippen molar-refractivity contribution in [3.63, 3.8) is 0 Å². The first-order valence-corrected chi connectivity index (χ1v) is 10.9. The van der Waals surface area contributed by atoms with Gasteiger partial charge in [0, 0.05) is 24.5 Å². The molecule has 0 saturated carbocycles. The first-order valence-electron chi connectivity index (χ1n) is 10.9. The molecule has 2 aromatic heterocycles. The SMILES string of the molecule is C=CC(=O)N1CCC[C@H]1c1nc(-c2ccc(Oc3ccc(OC)cc3)cc2)c2cnccn12. The number of likely N-dealkylation sites (tertiary alicyclic amines) is 1. The summed E-state index contributed by atoms with van der Waals surface area (Å²) >= 11 is 0. The zero-order valence-corrected chi connectivity index (χ0v) is 18.3. The highest BCUT2D eigenvalue weighted by atomic mass is 16.5. The highest BCUT2D eigenvalue weighted by molar-refractivity contribution is 5.87. The van der Waals surface area contributed by atoms with Gasteiger partial charge in [-0.15, -0.1) is 0 Å². The van der Waals surface area contributed by atoms with Crippen molar-refractivity contribution in [1.29, 1.82) is 0 Å². The first kappa shape index (κ1) is 20.8. The summed E-state index contributed by atoms with van der Waals surface area (Å²) in [5.74, 6) is 3.02. The predicted octanol–water partition coefficient (Wildman–Crippen LogP) is 5.05. The van der Waals surface area contributed by atoms with Crippen LogP contribution in [0.5, 0.6) is 17.2 Å². The first-order chi connectivity index (χ1) is 16.2. The maximum absolute atomic E-state index is 12.4. The molecule has 0 unspecified atom stereocenters. The molecule has 1 atom stereocenters. The summed E-state index contributed by atoms with van der Waals surface area (Å²) in [6.45, 7) is 4.36. The Balaban J connectivity index is 1.46. The van der Waals surface area contributed by atoms with Crippen molar-refractivity contribution in [2.24, 2.45) is 0 Å². The van der Waals surface area contributed by atoms with Crippen LogP contribution in [0.4, 0.5) is 0 Å². The van der Waals surface area contributed by atoms with Crippen molar-refractivity contribution < 1.29 is 14.3 Å². The Morgan fingerprint density at radius 3 is 2.48 bits per heavy atom. The summed E-state index contributed by atoms with van der Waals surface area (Å²) in [6, 6.07) is 15.2. The topological polar surface area (TPSA) is 69.0 Å². The van der Waals surface area contributed by atoms with Gasteiger partial charge in [-0.05, 0) is 67.4 Å². The number of hydrogen-bond donors (Lipinski definition) is 0. The van der Waals surface area contributed by atoms with Crippen LogP contribution in [0.1, 0.15) is 24.7 Å². The number of carbonyl (C=O) groups is 1. The van der Waals surface area contributed by atoms with Crippen LogP contribution >= 0.6 is 0 Å². The fraction of sp³-hybridized carbons (Fsp3) is 0.192. The minimum atomic E-state index is -0.0863.